The molecule has 0 aliphatic carbocycles. The lowest BCUT2D eigenvalue weighted by Crippen LogP contribution is -2.33. The predicted molar refractivity (Wildman–Crippen MR) is 95.9 cm³/mol. The molecule has 2 heterocycles. The molecule has 0 aromatic carbocycles. The normalized spacial score (nSPS) is 16.7. The summed E-state index contributed by atoms with van der Waals surface area (Å²) in [6.45, 7) is 3.17. The highest BCUT2D eigenvalue weighted by molar-refractivity contribution is 6.18. The molecule has 0 amide bonds. The number of hydrogen-bond donors (Lipinski definition) is 1. The minimum Gasteiger partial charge on any atom is -0.466 e. The van der Waals surface area contributed by atoms with Crippen LogP contribution < -0.4 is 5.32 Å². The first kappa shape index (κ1) is 20.4. The van der Waals surface area contributed by atoms with Crippen molar-refractivity contribution in [1.29, 1.82) is 0 Å². The Morgan fingerprint density at radius 3 is 2.48 bits per heavy atom. The molecule has 0 fully saturated rings. The zero-order valence-corrected chi connectivity index (χ0v) is 15.7. The van der Waals surface area contributed by atoms with Crippen molar-refractivity contribution in [3.05, 3.63) is 56.7 Å². The van der Waals surface area contributed by atoms with Crippen LogP contribution in [0.2, 0.25) is 0 Å². The molecule has 2 rings (SSSR count). The Bertz CT molecular complexity index is 849. The van der Waals surface area contributed by atoms with Crippen LogP contribution in [0.15, 0.2) is 40.9 Å². The van der Waals surface area contributed by atoms with Gasteiger partial charge < -0.3 is 14.8 Å². The highest BCUT2D eigenvalue weighted by atomic mass is 35.5. The average Bonchev–Trinajstić information content (AvgIpc) is 2.64. The Balaban J connectivity index is 2.72. The number of aromatic nitrogens is 1. The van der Waals surface area contributed by atoms with Crippen molar-refractivity contribution in [2.24, 2.45) is 0 Å². The molecular weight excluding hydrogens is 378 g/mol. The van der Waals surface area contributed by atoms with Crippen molar-refractivity contribution < 1.29 is 24.0 Å². The fraction of sp³-hybridized carbons (Fsp3) is 0.353. The van der Waals surface area contributed by atoms with Crippen LogP contribution in [0.3, 0.4) is 0 Å². The number of nitrogens with zero attached hydrogens (tertiary/aromatic N) is 2. The first-order chi connectivity index (χ1) is 12.8. The molecule has 1 aliphatic heterocycles. The van der Waals surface area contributed by atoms with Gasteiger partial charge in [0.2, 0.25) is 0 Å². The molecule has 9 nitrogen and oxygen atoms in total. The van der Waals surface area contributed by atoms with Gasteiger partial charge in [-0.2, -0.15) is 0 Å². The topological polar surface area (TPSA) is 121 Å². The zero-order valence-electron chi connectivity index (χ0n) is 14.9. The van der Waals surface area contributed by atoms with E-state index in [9.17, 15) is 19.7 Å². The van der Waals surface area contributed by atoms with Crippen LogP contribution in [0, 0.1) is 10.1 Å². The van der Waals surface area contributed by atoms with Gasteiger partial charge in [0, 0.05) is 23.7 Å². The van der Waals surface area contributed by atoms with Gasteiger partial charge in [-0.1, -0.05) is 0 Å². The summed E-state index contributed by atoms with van der Waals surface area (Å²) in [5, 5.41) is 14.4. The lowest BCUT2D eigenvalue weighted by Gasteiger charge is -2.29. The number of carbonyl (C=O) groups excluding carboxylic acids is 2. The van der Waals surface area contributed by atoms with E-state index in [0.717, 1.165) is 0 Å². The maximum atomic E-state index is 12.6. The third kappa shape index (κ3) is 4.08. The second-order valence-electron chi connectivity index (χ2n) is 5.62. The smallest absolute Gasteiger partial charge is 0.336 e. The van der Waals surface area contributed by atoms with E-state index < -0.39 is 22.8 Å². The van der Waals surface area contributed by atoms with E-state index in [1.807, 2.05) is 0 Å². The molecule has 144 valence electrons. The number of allylic oxidation sites excluding steroid dienone is 2. The Labute approximate surface area is 160 Å². The van der Waals surface area contributed by atoms with Crippen LogP contribution in [-0.4, -0.2) is 41.4 Å². The van der Waals surface area contributed by atoms with Crippen molar-refractivity contribution in [2.45, 2.75) is 19.8 Å². The summed E-state index contributed by atoms with van der Waals surface area (Å²) in [6.07, 6.45) is 1.35. The highest BCUT2D eigenvalue weighted by Gasteiger charge is 2.41. The molecule has 1 N–H and O–H groups in total. The number of methoxy groups -OCH3 is 1. The fourth-order valence-corrected chi connectivity index (χ4v) is 2.99. The van der Waals surface area contributed by atoms with Gasteiger partial charge in [-0.3, -0.25) is 15.1 Å². The summed E-state index contributed by atoms with van der Waals surface area (Å²) >= 11 is 5.57. The summed E-state index contributed by atoms with van der Waals surface area (Å²) in [6, 6.07) is 2.66. The van der Waals surface area contributed by atoms with E-state index in [1.54, 1.807) is 13.8 Å². The number of halogens is 1. The lowest BCUT2D eigenvalue weighted by atomic mass is 9.82. The Hall–Kier alpha value is -2.94. The molecule has 0 saturated heterocycles. The van der Waals surface area contributed by atoms with E-state index in [0.29, 0.717) is 11.4 Å². The van der Waals surface area contributed by atoms with Crippen molar-refractivity contribution in [1.82, 2.24) is 10.3 Å². The fourth-order valence-electron chi connectivity index (χ4n) is 2.91. The number of esters is 2. The summed E-state index contributed by atoms with van der Waals surface area (Å²) in [5.41, 5.74) is 0.494. The van der Waals surface area contributed by atoms with Gasteiger partial charge in [-0.25, -0.2) is 9.59 Å². The zero-order chi connectivity index (χ0) is 20.1. The van der Waals surface area contributed by atoms with Gasteiger partial charge in [0.15, 0.2) is 0 Å². The number of hydrogen-bond acceptors (Lipinski definition) is 8. The van der Waals surface area contributed by atoms with Gasteiger partial charge >= 0.3 is 11.9 Å². The minimum absolute atomic E-state index is 0.0351. The molecule has 10 heteroatoms. The van der Waals surface area contributed by atoms with Crippen LogP contribution >= 0.6 is 11.6 Å². The first-order valence-electron chi connectivity index (χ1n) is 7.92. The van der Waals surface area contributed by atoms with Crippen molar-refractivity contribution in [3.63, 3.8) is 0 Å². The Morgan fingerprint density at radius 2 is 1.93 bits per heavy atom. The largest absolute Gasteiger partial charge is 0.466 e. The molecular formula is C17H18ClN3O6. The molecule has 0 bridgehead atoms. The maximum Gasteiger partial charge on any atom is 0.336 e. The molecule has 1 aliphatic rings. The number of pyridine rings is 1. The maximum absolute atomic E-state index is 12.6. The summed E-state index contributed by atoms with van der Waals surface area (Å²) in [4.78, 5) is 40.0. The molecule has 1 aromatic rings. The second-order valence-corrected chi connectivity index (χ2v) is 5.99. The Kier molecular flexibility index (Phi) is 6.51. The highest BCUT2D eigenvalue weighted by Crippen LogP contribution is 2.41. The monoisotopic (exact) mass is 395 g/mol. The van der Waals surface area contributed by atoms with Gasteiger partial charge in [-0.15, -0.1) is 11.6 Å². The molecule has 1 atom stereocenters. The van der Waals surface area contributed by atoms with Crippen molar-refractivity contribution in [2.75, 3.05) is 19.6 Å². The minimum atomic E-state index is -1.12. The van der Waals surface area contributed by atoms with Gasteiger partial charge in [0.1, 0.15) is 12.3 Å². The number of dihydropyridines is 1. The van der Waals surface area contributed by atoms with Gasteiger partial charge in [0.25, 0.3) is 5.69 Å². The molecule has 0 radical (unpaired) electrons. The van der Waals surface area contributed by atoms with Crippen LogP contribution in [0.25, 0.3) is 0 Å². The average molecular weight is 396 g/mol. The lowest BCUT2D eigenvalue weighted by molar-refractivity contribution is -0.386. The van der Waals surface area contributed by atoms with E-state index in [2.05, 4.69) is 10.3 Å². The van der Waals surface area contributed by atoms with E-state index in [4.69, 9.17) is 21.1 Å². The predicted octanol–water partition coefficient (Wildman–Crippen LogP) is 2.18. The summed E-state index contributed by atoms with van der Waals surface area (Å²) in [7, 11) is 1.18. The van der Waals surface area contributed by atoms with E-state index >= 15 is 0 Å². The SMILES string of the molecule is COC(=O)C1=C(C)NC(C)=C(C(=O)OCCCl)C1c1ncccc1[N+](=O)[O-]. The van der Waals surface area contributed by atoms with Crippen molar-refractivity contribution >= 4 is 29.2 Å². The number of alkyl halides is 1. The van der Waals surface area contributed by atoms with Gasteiger partial charge in [0.05, 0.1) is 35.0 Å². The molecule has 1 aromatic heterocycles. The third-order valence-corrected chi connectivity index (χ3v) is 4.14. The van der Waals surface area contributed by atoms with Crippen LogP contribution in [0.4, 0.5) is 5.69 Å². The third-order valence-electron chi connectivity index (χ3n) is 3.98. The number of nitro groups is 1. The molecule has 0 saturated carbocycles. The Morgan fingerprint density at radius 1 is 1.30 bits per heavy atom. The molecule has 0 spiro atoms. The second kappa shape index (κ2) is 8.63. The van der Waals surface area contributed by atoms with E-state index in [1.165, 1.54) is 25.4 Å². The summed E-state index contributed by atoms with van der Waals surface area (Å²) in [5.74, 6) is -2.53. The number of nitrogens with one attached hydrogen (secondary N) is 1. The molecule has 1 unspecified atom stereocenters. The quantitative estimate of drug-likeness (QED) is 0.336. The number of ether oxygens (including phenoxy) is 2. The first-order valence-corrected chi connectivity index (χ1v) is 8.46. The van der Waals surface area contributed by atoms with E-state index in [-0.39, 0.29) is 35.0 Å². The standard InChI is InChI=1S/C17H18ClN3O6/c1-9-12(16(22)26-3)14(15-11(21(24)25)5-4-7-19-15)13(10(2)20-9)17(23)27-8-6-18/h4-5,7,14,20H,6,8H2,1-3H3. The van der Waals surface area contributed by atoms with Gasteiger partial charge in [-0.05, 0) is 19.9 Å². The number of rotatable bonds is 6. The van der Waals surface area contributed by atoms with Crippen LogP contribution in [-0.2, 0) is 19.1 Å². The van der Waals surface area contributed by atoms with Crippen LogP contribution in [0.5, 0.6) is 0 Å². The number of carbonyl (C=O) groups is 2. The van der Waals surface area contributed by atoms with Crippen molar-refractivity contribution in [3.8, 4) is 0 Å². The molecule has 27 heavy (non-hydrogen) atoms. The van der Waals surface area contributed by atoms with Crippen LogP contribution in [0.1, 0.15) is 25.5 Å². The summed E-state index contributed by atoms with van der Waals surface area (Å²) < 4.78 is 9.94.